The normalized spacial score (nSPS) is 15.2. The maximum Gasteiger partial charge on any atom is 0.246 e. The number of benzene rings is 2. The van der Waals surface area contributed by atoms with Gasteiger partial charge in [-0.1, -0.05) is 29.5 Å². The topological polar surface area (TPSA) is 97.8 Å². The zero-order valence-corrected chi connectivity index (χ0v) is 18.9. The van der Waals surface area contributed by atoms with Gasteiger partial charge in [0.15, 0.2) is 5.13 Å². The van der Waals surface area contributed by atoms with Crippen molar-refractivity contribution in [3.63, 3.8) is 0 Å². The molecule has 0 spiro atoms. The first-order valence-corrected chi connectivity index (χ1v) is 12.0. The standard InChI is InChI=1S/C21H23N3O5S2/c1-14-4-3-5-17-20(14)23-21(30-17)22-19(25)13-15-6-7-16(28-2)18(12-15)31(26,27)24-8-10-29-11-9-24/h3-7,12H,8-11,13H2,1-2H3,(H,22,23,25). The van der Waals surface area contributed by atoms with Crippen LogP contribution < -0.4 is 10.1 Å². The Morgan fingerprint density at radius 3 is 2.74 bits per heavy atom. The fourth-order valence-corrected chi connectivity index (χ4v) is 6.02. The minimum atomic E-state index is -3.76. The summed E-state index contributed by atoms with van der Waals surface area (Å²) >= 11 is 1.41. The van der Waals surface area contributed by atoms with E-state index >= 15 is 0 Å². The van der Waals surface area contributed by atoms with E-state index in [0.717, 1.165) is 15.8 Å². The van der Waals surface area contributed by atoms with Gasteiger partial charge in [0.05, 0.1) is 37.0 Å². The van der Waals surface area contributed by atoms with Gasteiger partial charge in [-0.25, -0.2) is 13.4 Å². The molecule has 2 aromatic carbocycles. The number of nitrogens with one attached hydrogen (secondary N) is 1. The summed E-state index contributed by atoms with van der Waals surface area (Å²) in [5, 5.41) is 3.34. The van der Waals surface area contributed by atoms with E-state index in [-0.39, 0.29) is 36.1 Å². The maximum absolute atomic E-state index is 13.1. The molecule has 1 N–H and O–H groups in total. The van der Waals surface area contributed by atoms with Gasteiger partial charge in [0, 0.05) is 13.1 Å². The quantitative estimate of drug-likeness (QED) is 0.606. The monoisotopic (exact) mass is 461 g/mol. The van der Waals surface area contributed by atoms with Crippen LogP contribution in [0.3, 0.4) is 0 Å². The number of aryl methyl sites for hydroxylation is 1. The lowest BCUT2D eigenvalue weighted by Gasteiger charge is -2.26. The Morgan fingerprint density at radius 2 is 2.03 bits per heavy atom. The molecular weight excluding hydrogens is 438 g/mol. The second kappa shape index (κ2) is 8.91. The lowest BCUT2D eigenvalue weighted by atomic mass is 10.1. The zero-order valence-electron chi connectivity index (χ0n) is 17.3. The van der Waals surface area contributed by atoms with Crippen LogP contribution in [-0.4, -0.2) is 57.0 Å². The van der Waals surface area contributed by atoms with Gasteiger partial charge < -0.3 is 14.8 Å². The van der Waals surface area contributed by atoms with Gasteiger partial charge in [-0.05, 0) is 36.2 Å². The third kappa shape index (κ3) is 4.57. The molecule has 1 amide bonds. The average Bonchev–Trinajstić information content (AvgIpc) is 3.18. The van der Waals surface area contributed by atoms with E-state index in [4.69, 9.17) is 9.47 Å². The second-order valence-electron chi connectivity index (χ2n) is 7.17. The summed E-state index contributed by atoms with van der Waals surface area (Å²) in [5.74, 6) is -0.0195. The molecule has 2 heterocycles. The van der Waals surface area contributed by atoms with Crippen LogP contribution in [0.2, 0.25) is 0 Å². The number of hydrogen-bond acceptors (Lipinski definition) is 7. The van der Waals surface area contributed by atoms with Crippen LogP contribution in [0.5, 0.6) is 5.75 Å². The summed E-state index contributed by atoms with van der Waals surface area (Å²) in [4.78, 5) is 17.2. The van der Waals surface area contributed by atoms with Crippen LogP contribution in [-0.2, 0) is 26.0 Å². The molecule has 3 aromatic rings. The smallest absolute Gasteiger partial charge is 0.246 e. The van der Waals surface area contributed by atoms with Crippen molar-refractivity contribution in [1.82, 2.24) is 9.29 Å². The molecule has 10 heteroatoms. The molecule has 0 saturated carbocycles. The first kappa shape index (κ1) is 21.7. The number of fused-ring (bicyclic) bond motifs is 1. The summed E-state index contributed by atoms with van der Waals surface area (Å²) < 4.78 is 39.1. The van der Waals surface area contributed by atoms with E-state index in [1.165, 1.54) is 28.8 Å². The number of anilines is 1. The van der Waals surface area contributed by atoms with Crippen LogP contribution in [0.1, 0.15) is 11.1 Å². The second-order valence-corrected chi connectivity index (χ2v) is 10.1. The Balaban J connectivity index is 1.54. The van der Waals surface area contributed by atoms with E-state index in [0.29, 0.717) is 23.9 Å². The molecule has 1 aliphatic heterocycles. The minimum Gasteiger partial charge on any atom is -0.495 e. The minimum absolute atomic E-state index is 0.0184. The first-order valence-electron chi connectivity index (χ1n) is 9.79. The highest BCUT2D eigenvalue weighted by Crippen LogP contribution is 2.30. The molecular formula is C21H23N3O5S2. The van der Waals surface area contributed by atoms with Crippen LogP contribution >= 0.6 is 11.3 Å². The number of thiazole rings is 1. The predicted octanol–water partition coefficient (Wildman–Crippen LogP) is 2.82. The Labute approximate surface area is 184 Å². The van der Waals surface area contributed by atoms with Crippen molar-refractivity contribution < 1.29 is 22.7 Å². The highest BCUT2D eigenvalue weighted by Gasteiger charge is 2.29. The van der Waals surface area contributed by atoms with Crippen molar-refractivity contribution in [2.45, 2.75) is 18.2 Å². The van der Waals surface area contributed by atoms with Gasteiger partial charge in [0.1, 0.15) is 10.6 Å². The largest absolute Gasteiger partial charge is 0.495 e. The molecule has 1 saturated heterocycles. The van der Waals surface area contributed by atoms with Crippen molar-refractivity contribution in [3.05, 3.63) is 47.5 Å². The van der Waals surface area contributed by atoms with Crippen LogP contribution in [0.25, 0.3) is 10.2 Å². The lowest BCUT2D eigenvalue weighted by molar-refractivity contribution is -0.115. The number of carbonyl (C=O) groups is 1. The van der Waals surface area contributed by atoms with E-state index in [9.17, 15) is 13.2 Å². The molecule has 1 aliphatic rings. The molecule has 1 fully saturated rings. The average molecular weight is 462 g/mol. The van der Waals surface area contributed by atoms with Crippen LogP contribution in [0.15, 0.2) is 41.3 Å². The van der Waals surface area contributed by atoms with Crippen molar-refractivity contribution in [2.24, 2.45) is 0 Å². The Morgan fingerprint density at radius 1 is 1.26 bits per heavy atom. The molecule has 31 heavy (non-hydrogen) atoms. The Hall–Kier alpha value is -2.53. The summed E-state index contributed by atoms with van der Waals surface area (Å²) in [5.41, 5.74) is 2.48. The molecule has 0 atom stereocenters. The van der Waals surface area contributed by atoms with Gasteiger partial charge in [0.2, 0.25) is 15.9 Å². The number of sulfonamides is 1. The van der Waals surface area contributed by atoms with Crippen LogP contribution in [0.4, 0.5) is 5.13 Å². The highest BCUT2D eigenvalue weighted by molar-refractivity contribution is 7.89. The summed E-state index contributed by atoms with van der Waals surface area (Å²) in [7, 11) is -2.33. The highest BCUT2D eigenvalue weighted by atomic mass is 32.2. The molecule has 4 rings (SSSR count). The number of ether oxygens (including phenoxy) is 2. The zero-order chi connectivity index (χ0) is 22.0. The third-order valence-corrected chi connectivity index (χ3v) is 7.90. The van der Waals surface area contributed by atoms with Crippen LogP contribution in [0, 0.1) is 6.92 Å². The molecule has 0 radical (unpaired) electrons. The Bertz CT molecular complexity index is 1220. The summed E-state index contributed by atoms with van der Waals surface area (Å²) in [6.45, 7) is 3.25. The number of methoxy groups -OCH3 is 1. The molecule has 0 unspecified atom stereocenters. The van der Waals surface area contributed by atoms with Crippen molar-refractivity contribution in [3.8, 4) is 5.75 Å². The molecule has 0 bridgehead atoms. The van der Waals surface area contributed by atoms with E-state index in [2.05, 4.69) is 10.3 Å². The van der Waals surface area contributed by atoms with E-state index in [1.54, 1.807) is 12.1 Å². The van der Waals surface area contributed by atoms with E-state index < -0.39 is 10.0 Å². The number of carbonyl (C=O) groups excluding carboxylic acids is 1. The van der Waals surface area contributed by atoms with Crippen molar-refractivity contribution in [1.29, 1.82) is 0 Å². The molecule has 8 nitrogen and oxygen atoms in total. The lowest BCUT2D eigenvalue weighted by Crippen LogP contribution is -2.40. The van der Waals surface area contributed by atoms with Gasteiger partial charge in [-0.2, -0.15) is 4.31 Å². The van der Waals surface area contributed by atoms with Gasteiger partial charge in [-0.15, -0.1) is 0 Å². The summed E-state index contributed by atoms with van der Waals surface area (Å²) in [6.07, 6.45) is 0.0184. The number of para-hydroxylation sites is 1. The van der Waals surface area contributed by atoms with Gasteiger partial charge >= 0.3 is 0 Å². The molecule has 0 aliphatic carbocycles. The maximum atomic E-state index is 13.1. The SMILES string of the molecule is COc1ccc(CC(=O)Nc2nc3c(C)cccc3s2)cc1S(=O)(=O)N1CCOCC1. The number of amides is 1. The van der Waals surface area contributed by atoms with Crippen molar-refractivity contribution >= 4 is 42.6 Å². The fraction of sp³-hybridized carbons (Fsp3) is 0.333. The summed E-state index contributed by atoms with van der Waals surface area (Å²) in [6, 6.07) is 10.7. The number of rotatable bonds is 6. The van der Waals surface area contributed by atoms with Crippen molar-refractivity contribution in [2.75, 3.05) is 38.7 Å². The predicted molar refractivity (Wildman–Crippen MR) is 119 cm³/mol. The first-order chi connectivity index (χ1) is 14.9. The number of morpholine rings is 1. The molecule has 1 aromatic heterocycles. The van der Waals surface area contributed by atoms with E-state index in [1.807, 2.05) is 25.1 Å². The Kier molecular flexibility index (Phi) is 6.24. The van der Waals surface area contributed by atoms with Gasteiger partial charge in [0.25, 0.3) is 0 Å². The van der Waals surface area contributed by atoms with Gasteiger partial charge in [-0.3, -0.25) is 4.79 Å². The third-order valence-electron chi connectivity index (χ3n) is 5.05. The number of nitrogens with zero attached hydrogens (tertiary/aromatic N) is 2. The fourth-order valence-electron chi connectivity index (χ4n) is 3.45. The molecule has 164 valence electrons. The number of aromatic nitrogens is 1. The number of hydrogen-bond donors (Lipinski definition) is 1.